The van der Waals surface area contributed by atoms with E-state index in [0.717, 1.165) is 0 Å². The summed E-state index contributed by atoms with van der Waals surface area (Å²) in [6.07, 6.45) is 1.55. The fourth-order valence-electron chi connectivity index (χ4n) is 2.74. The molecule has 3 aromatic rings. The molecule has 144 valence electrons. The summed E-state index contributed by atoms with van der Waals surface area (Å²) in [7, 11) is 0. The zero-order chi connectivity index (χ0) is 20.1. The quantitative estimate of drug-likeness (QED) is 0.482. The van der Waals surface area contributed by atoms with Crippen LogP contribution in [0.15, 0.2) is 60.8 Å². The van der Waals surface area contributed by atoms with Crippen LogP contribution in [-0.4, -0.2) is 39.6 Å². The van der Waals surface area contributed by atoms with Gasteiger partial charge in [0.1, 0.15) is 11.6 Å². The van der Waals surface area contributed by atoms with Crippen LogP contribution in [0.5, 0.6) is 5.75 Å². The maximum Gasteiger partial charge on any atom is 0.364 e. The van der Waals surface area contributed by atoms with Crippen molar-refractivity contribution in [1.82, 2.24) is 14.7 Å². The highest BCUT2D eigenvalue weighted by molar-refractivity contribution is 5.95. The summed E-state index contributed by atoms with van der Waals surface area (Å²) in [5.74, 6) is -0.934. The first-order valence-electron chi connectivity index (χ1n) is 8.95. The number of esters is 1. The van der Waals surface area contributed by atoms with Gasteiger partial charge in [0, 0.05) is 24.8 Å². The minimum absolute atomic E-state index is 0.0738. The van der Waals surface area contributed by atoms with Gasteiger partial charge >= 0.3 is 5.97 Å². The first-order chi connectivity index (χ1) is 13.5. The lowest BCUT2D eigenvalue weighted by Gasteiger charge is -2.18. The molecule has 0 spiro atoms. The Morgan fingerprint density at radius 1 is 1.07 bits per heavy atom. The third-order valence-corrected chi connectivity index (χ3v) is 4.21. The standard InChI is InChI=1S/C21H20FN3O3/c1-3-24(4-2)20(26)15-7-5-10-18(13-15)28-21(27)19-11-12-25(23-19)17-9-6-8-16(22)14-17/h5-14H,3-4H2,1-2H3. The zero-order valence-corrected chi connectivity index (χ0v) is 15.6. The van der Waals surface area contributed by atoms with Crippen LogP contribution in [0, 0.1) is 5.82 Å². The Bertz CT molecular complexity index is 996. The van der Waals surface area contributed by atoms with Crippen LogP contribution < -0.4 is 4.74 Å². The van der Waals surface area contributed by atoms with Gasteiger partial charge in [-0.2, -0.15) is 5.10 Å². The van der Waals surface area contributed by atoms with Crippen LogP contribution in [0.3, 0.4) is 0 Å². The Kier molecular flexibility index (Phi) is 5.84. The van der Waals surface area contributed by atoms with Crippen LogP contribution in [0.2, 0.25) is 0 Å². The molecule has 0 bridgehead atoms. The predicted molar refractivity (Wildman–Crippen MR) is 102 cm³/mol. The van der Waals surface area contributed by atoms with Crippen LogP contribution in [0.1, 0.15) is 34.7 Å². The summed E-state index contributed by atoms with van der Waals surface area (Å²) in [5, 5.41) is 4.13. The maximum atomic E-state index is 13.4. The molecule has 1 amide bonds. The van der Waals surface area contributed by atoms with Gasteiger partial charge in [-0.3, -0.25) is 4.79 Å². The molecule has 0 atom stereocenters. The van der Waals surface area contributed by atoms with Crippen molar-refractivity contribution in [3.05, 3.63) is 77.9 Å². The van der Waals surface area contributed by atoms with E-state index in [2.05, 4.69) is 5.10 Å². The van der Waals surface area contributed by atoms with Gasteiger partial charge in [-0.25, -0.2) is 13.9 Å². The Balaban J connectivity index is 1.75. The molecular formula is C21H20FN3O3. The number of benzene rings is 2. The van der Waals surface area contributed by atoms with E-state index in [-0.39, 0.29) is 17.4 Å². The van der Waals surface area contributed by atoms with Gasteiger partial charge in [-0.1, -0.05) is 12.1 Å². The van der Waals surface area contributed by atoms with Crippen LogP contribution in [0.25, 0.3) is 5.69 Å². The highest BCUT2D eigenvalue weighted by Crippen LogP contribution is 2.17. The average Bonchev–Trinajstić information content (AvgIpc) is 3.19. The molecule has 0 unspecified atom stereocenters. The molecule has 1 heterocycles. The lowest BCUT2D eigenvalue weighted by Crippen LogP contribution is -2.30. The second kappa shape index (κ2) is 8.47. The van der Waals surface area contributed by atoms with E-state index in [4.69, 9.17) is 4.74 Å². The van der Waals surface area contributed by atoms with Crippen molar-refractivity contribution in [2.75, 3.05) is 13.1 Å². The number of hydrogen-bond donors (Lipinski definition) is 0. The molecule has 0 aliphatic carbocycles. The Labute approximate surface area is 162 Å². The third kappa shape index (κ3) is 4.25. The number of halogens is 1. The van der Waals surface area contributed by atoms with E-state index in [1.54, 1.807) is 41.4 Å². The monoisotopic (exact) mass is 381 g/mol. The average molecular weight is 381 g/mol. The largest absolute Gasteiger partial charge is 0.422 e. The fraction of sp³-hybridized carbons (Fsp3) is 0.190. The number of carbonyl (C=O) groups is 2. The number of hydrogen-bond acceptors (Lipinski definition) is 4. The molecular weight excluding hydrogens is 361 g/mol. The summed E-state index contributed by atoms with van der Waals surface area (Å²) in [5.41, 5.74) is 1.01. The fourth-order valence-corrected chi connectivity index (χ4v) is 2.74. The molecule has 28 heavy (non-hydrogen) atoms. The first kappa shape index (κ1) is 19.3. The predicted octanol–water partition coefficient (Wildman–Crippen LogP) is 3.71. The van der Waals surface area contributed by atoms with E-state index >= 15 is 0 Å². The van der Waals surface area contributed by atoms with Crippen molar-refractivity contribution in [2.45, 2.75) is 13.8 Å². The summed E-state index contributed by atoms with van der Waals surface area (Å²) < 4.78 is 20.1. The zero-order valence-electron chi connectivity index (χ0n) is 15.6. The van der Waals surface area contributed by atoms with Crippen molar-refractivity contribution in [3.8, 4) is 11.4 Å². The maximum absolute atomic E-state index is 13.4. The van der Waals surface area contributed by atoms with Crippen LogP contribution in [-0.2, 0) is 0 Å². The van der Waals surface area contributed by atoms with Crippen molar-refractivity contribution in [1.29, 1.82) is 0 Å². The number of nitrogens with zero attached hydrogens (tertiary/aromatic N) is 3. The van der Waals surface area contributed by atoms with E-state index in [1.165, 1.54) is 28.9 Å². The van der Waals surface area contributed by atoms with Crippen LogP contribution in [0.4, 0.5) is 4.39 Å². The van der Waals surface area contributed by atoms with E-state index < -0.39 is 11.8 Å². The van der Waals surface area contributed by atoms with Crippen LogP contribution >= 0.6 is 0 Å². The smallest absolute Gasteiger partial charge is 0.364 e. The second-order valence-corrected chi connectivity index (χ2v) is 6.02. The first-order valence-corrected chi connectivity index (χ1v) is 8.95. The summed E-state index contributed by atoms with van der Waals surface area (Å²) in [6, 6.07) is 13.8. The molecule has 1 aromatic heterocycles. The number of ether oxygens (including phenoxy) is 1. The molecule has 0 aliphatic heterocycles. The van der Waals surface area contributed by atoms with Crippen molar-refractivity contribution >= 4 is 11.9 Å². The third-order valence-electron chi connectivity index (χ3n) is 4.21. The normalized spacial score (nSPS) is 10.5. The second-order valence-electron chi connectivity index (χ2n) is 6.02. The van der Waals surface area contributed by atoms with Crippen molar-refractivity contribution < 1.29 is 18.7 Å². The Morgan fingerprint density at radius 3 is 2.54 bits per heavy atom. The number of carbonyl (C=O) groups excluding carboxylic acids is 2. The lowest BCUT2D eigenvalue weighted by atomic mass is 10.2. The molecule has 0 saturated heterocycles. The minimum Gasteiger partial charge on any atom is -0.422 e. The molecule has 0 saturated carbocycles. The molecule has 0 fully saturated rings. The summed E-state index contributed by atoms with van der Waals surface area (Å²) in [4.78, 5) is 26.5. The van der Waals surface area contributed by atoms with Gasteiger partial charge in [0.2, 0.25) is 0 Å². The molecule has 7 heteroatoms. The van der Waals surface area contributed by atoms with Crippen molar-refractivity contribution in [2.24, 2.45) is 0 Å². The van der Waals surface area contributed by atoms with Gasteiger partial charge in [0.25, 0.3) is 5.91 Å². The SMILES string of the molecule is CCN(CC)C(=O)c1cccc(OC(=O)c2ccn(-c3cccc(F)c3)n2)c1. The van der Waals surface area contributed by atoms with E-state index in [1.807, 2.05) is 13.8 Å². The molecule has 0 N–H and O–H groups in total. The summed E-state index contributed by atoms with van der Waals surface area (Å²) in [6.45, 7) is 4.99. The van der Waals surface area contributed by atoms with Gasteiger partial charge in [-0.05, 0) is 56.3 Å². The van der Waals surface area contributed by atoms with Gasteiger partial charge in [-0.15, -0.1) is 0 Å². The molecule has 0 aliphatic rings. The molecule has 2 aromatic carbocycles. The summed E-state index contributed by atoms with van der Waals surface area (Å²) >= 11 is 0. The minimum atomic E-state index is -0.664. The van der Waals surface area contributed by atoms with Gasteiger partial charge in [0.05, 0.1) is 5.69 Å². The number of rotatable bonds is 6. The Hall–Kier alpha value is -3.48. The highest BCUT2D eigenvalue weighted by Gasteiger charge is 2.16. The number of aromatic nitrogens is 2. The molecule has 0 radical (unpaired) electrons. The molecule has 3 rings (SSSR count). The van der Waals surface area contributed by atoms with Gasteiger partial charge in [0.15, 0.2) is 5.69 Å². The van der Waals surface area contributed by atoms with Gasteiger partial charge < -0.3 is 9.64 Å². The lowest BCUT2D eigenvalue weighted by molar-refractivity contribution is 0.0721. The van der Waals surface area contributed by atoms with Crippen molar-refractivity contribution in [3.63, 3.8) is 0 Å². The number of amides is 1. The Morgan fingerprint density at radius 2 is 1.82 bits per heavy atom. The van der Waals surface area contributed by atoms with E-state index in [0.29, 0.717) is 24.3 Å². The topological polar surface area (TPSA) is 64.4 Å². The van der Waals surface area contributed by atoms with E-state index in [9.17, 15) is 14.0 Å². The highest BCUT2D eigenvalue weighted by atomic mass is 19.1. The molecule has 6 nitrogen and oxygen atoms in total.